The molecule has 112 heavy (non-hydrogen) atoms. The fourth-order valence-electron chi connectivity index (χ4n) is 16.0. The van der Waals surface area contributed by atoms with Crippen LogP contribution in [-0.4, -0.2) is 39.0 Å². The summed E-state index contributed by atoms with van der Waals surface area (Å²) in [6.07, 6.45) is 0. The Morgan fingerprint density at radius 2 is 0.518 bits per heavy atom. The van der Waals surface area contributed by atoms with Crippen LogP contribution in [0.5, 0.6) is 0 Å². The molecule has 22 rings (SSSR count). The lowest BCUT2D eigenvalue weighted by atomic mass is 9.98. The fourth-order valence-corrected chi connectivity index (χ4v) is 16.0. The van der Waals surface area contributed by atoms with E-state index in [-0.39, 0.29) is 0 Å². The summed E-state index contributed by atoms with van der Waals surface area (Å²) in [6, 6.07) is 135. The van der Waals surface area contributed by atoms with Crippen molar-refractivity contribution < 1.29 is 8.83 Å². The van der Waals surface area contributed by atoms with Crippen molar-refractivity contribution in [2.75, 3.05) is 0 Å². The highest BCUT2D eigenvalue weighted by molar-refractivity contribution is 6.14. The summed E-state index contributed by atoms with van der Waals surface area (Å²) in [4.78, 5) is 30.1. The minimum atomic E-state index is 0.620. The summed E-state index contributed by atoms with van der Waals surface area (Å²) in [5.41, 5.74) is 24.7. The second kappa shape index (κ2) is 27.5. The minimum absolute atomic E-state index is 0.620. The molecule has 10 nitrogen and oxygen atoms in total. The lowest BCUT2D eigenvalue weighted by molar-refractivity contribution is 0.668. The summed E-state index contributed by atoms with van der Waals surface area (Å²) in [5, 5.41) is 9.30. The third-order valence-corrected chi connectivity index (χ3v) is 21.3. The zero-order chi connectivity index (χ0) is 74.0. The highest BCUT2D eigenvalue weighted by atomic mass is 16.3. The van der Waals surface area contributed by atoms with Crippen LogP contribution in [0.1, 0.15) is 0 Å². The summed E-state index contributed by atoms with van der Waals surface area (Å²) >= 11 is 0. The molecule has 524 valence electrons. The zero-order valence-corrected chi connectivity index (χ0v) is 60.3. The largest absolute Gasteiger partial charge is 0.456 e. The predicted molar refractivity (Wildman–Crippen MR) is 457 cm³/mol. The molecule has 0 atom stereocenters. The molecule has 6 aromatic heterocycles. The van der Waals surface area contributed by atoms with Crippen LogP contribution in [0.4, 0.5) is 0 Å². The van der Waals surface area contributed by atoms with Gasteiger partial charge in [-0.05, 0) is 142 Å². The van der Waals surface area contributed by atoms with Gasteiger partial charge >= 0.3 is 0 Å². The predicted octanol–water partition coefficient (Wildman–Crippen LogP) is 26.4. The van der Waals surface area contributed by atoms with Gasteiger partial charge in [-0.15, -0.1) is 0 Å². The molecule has 0 spiro atoms. The molecule has 0 fully saturated rings. The molecule has 0 bridgehead atoms. The van der Waals surface area contributed by atoms with Gasteiger partial charge in [0.05, 0.1) is 27.8 Å². The van der Waals surface area contributed by atoms with Gasteiger partial charge in [0.1, 0.15) is 22.3 Å². The lowest BCUT2D eigenvalue weighted by Gasteiger charge is -2.16. The highest BCUT2D eigenvalue weighted by Crippen LogP contribution is 2.44. The van der Waals surface area contributed by atoms with E-state index in [1.54, 1.807) is 0 Å². The quantitative estimate of drug-likeness (QED) is 0.119. The Morgan fingerprint density at radius 3 is 1.02 bits per heavy atom. The van der Waals surface area contributed by atoms with Crippen molar-refractivity contribution in [3.63, 3.8) is 0 Å². The molecule has 6 heterocycles. The second-order valence-corrected chi connectivity index (χ2v) is 28.1. The molecule has 0 radical (unpaired) electrons. The van der Waals surface area contributed by atoms with Crippen LogP contribution < -0.4 is 0 Å². The lowest BCUT2D eigenvalue weighted by Crippen LogP contribution is -2.02. The van der Waals surface area contributed by atoms with Gasteiger partial charge in [0.2, 0.25) is 0 Å². The Morgan fingerprint density at radius 1 is 0.170 bits per heavy atom. The van der Waals surface area contributed by atoms with Crippen molar-refractivity contribution in [3.05, 3.63) is 388 Å². The molecule has 16 aromatic carbocycles. The van der Waals surface area contributed by atoms with E-state index >= 15 is 0 Å². The van der Waals surface area contributed by atoms with Crippen LogP contribution in [0.3, 0.4) is 0 Å². The molecule has 10 heteroatoms. The standard InChI is InChI=1S/2C51H32N4O/c1-4-14-33(15-5-1)42-31-38(51-53-49(34-16-6-2-7-17-34)52-50(54-51)35-18-8-3-9-19-35)26-29-45(42)55-44-22-12-10-20-39(44)43-30-36(25-28-46(43)55)37-24-27-41-40-21-11-13-23-47(40)56-48(41)32-37;1-3-14-33(15-4-1)49-52-50(34-16-5-2-6-17-34)54-51(53-49)43-23-8-7-20-39(43)37-18-13-19-38(30-37)55-45-24-11-9-21-40(45)44-31-35(27-29-46(44)55)36-26-28-42-41-22-10-12-25-47(41)56-48(42)32-36/h2*1-32H. The van der Waals surface area contributed by atoms with Gasteiger partial charge in [-0.2, -0.15) is 0 Å². The van der Waals surface area contributed by atoms with Crippen molar-refractivity contribution in [1.82, 2.24) is 39.0 Å². The number of hydrogen-bond acceptors (Lipinski definition) is 8. The first-order valence-electron chi connectivity index (χ1n) is 37.5. The number of para-hydroxylation sites is 4. The molecular weight excluding hydrogens is 1370 g/mol. The van der Waals surface area contributed by atoms with Crippen molar-refractivity contribution in [2.24, 2.45) is 0 Å². The van der Waals surface area contributed by atoms with E-state index in [9.17, 15) is 0 Å². The summed E-state index contributed by atoms with van der Waals surface area (Å²) in [7, 11) is 0. The van der Waals surface area contributed by atoms with Gasteiger partial charge in [-0.25, -0.2) is 29.9 Å². The number of hydrogen-bond donors (Lipinski definition) is 0. The topological polar surface area (TPSA) is 113 Å². The van der Waals surface area contributed by atoms with E-state index in [4.69, 9.17) is 38.7 Å². The maximum absolute atomic E-state index is 6.27. The second-order valence-electron chi connectivity index (χ2n) is 28.1. The SMILES string of the molecule is c1ccc(-c2nc(-c3ccccc3)nc(-c3ccc(-n4c5ccccc5c5cc(-c6ccc7c(c6)oc6ccccc67)ccc54)c(-c4ccccc4)c3)n2)cc1.c1ccc(-c2nc(-c3ccccc3)nc(-c3ccccc3-c3cccc(-n4c5ccccc5c5cc(-c6ccc7c(c6)oc6ccccc67)ccc54)c3)n2)cc1. The Labute approximate surface area is 643 Å². The third-order valence-electron chi connectivity index (χ3n) is 21.3. The van der Waals surface area contributed by atoms with Gasteiger partial charge in [-0.3, -0.25) is 0 Å². The Hall–Kier alpha value is -15.3. The molecule has 0 N–H and O–H groups in total. The van der Waals surface area contributed by atoms with Gasteiger partial charge in [0.25, 0.3) is 0 Å². The number of benzene rings is 16. The van der Waals surface area contributed by atoms with Crippen molar-refractivity contribution >= 4 is 87.5 Å². The Bertz CT molecular complexity index is 7260. The van der Waals surface area contributed by atoms with E-state index in [1.165, 1.54) is 21.5 Å². The maximum atomic E-state index is 6.27. The first-order chi connectivity index (χ1) is 55.5. The van der Waals surface area contributed by atoms with Crippen LogP contribution in [0.25, 0.3) is 212 Å². The number of rotatable bonds is 12. The van der Waals surface area contributed by atoms with Crippen LogP contribution in [0, 0.1) is 0 Å². The van der Waals surface area contributed by atoms with Gasteiger partial charge in [0.15, 0.2) is 34.9 Å². The Balaban J connectivity index is 0.000000141. The average molecular weight is 1430 g/mol. The third kappa shape index (κ3) is 11.7. The van der Waals surface area contributed by atoms with E-state index in [1.807, 2.05) is 152 Å². The molecule has 0 aliphatic rings. The van der Waals surface area contributed by atoms with Crippen LogP contribution >= 0.6 is 0 Å². The highest BCUT2D eigenvalue weighted by Gasteiger charge is 2.23. The zero-order valence-electron chi connectivity index (χ0n) is 60.3. The molecule has 0 aliphatic heterocycles. The van der Waals surface area contributed by atoms with Crippen molar-refractivity contribution in [1.29, 1.82) is 0 Å². The summed E-state index contributed by atoms with van der Waals surface area (Å²) in [6.45, 7) is 0. The monoisotopic (exact) mass is 1430 g/mol. The molecule has 0 unspecified atom stereocenters. The van der Waals surface area contributed by atoms with Crippen molar-refractivity contribution in [3.8, 4) is 124 Å². The van der Waals surface area contributed by atoms with E-state index in [0.717, 1.165) is 155 Å². The summed E-state index contributed by atoms with van der Waals surface area (Å²) < 4.78 is 17.3. The average Bonchev–Trinajstić information content (AvgIpc) is 1.58. The van der Waals surface area contributed by atoms with Gasteiger partial charge in [-0.1, -0.05) is 285 Å². The van der Waals surface area contributed by atoms with E-state index in [2.05, 4.69) is 246 Å². The van der Waals surface area contributed by atoms with Crippen LogP contribution in [-0.2, 0) is 0 Å². The number of furan rings is 2. The number of aromatic nitrogens is 8. The minimum Gasteiger partial charge on any atom is -0.456 e. The first-order valence-corrected chi connectivity index (χ1v) is 37.5. The molecular formula is C102H64N8O2. The molecule has 0 aliphatic carbocycles. The number of nitrogens with zero attached hydrogens (tertiary/aromatic N) is 8. The van der Waals surface area contributed by atoms with Crippen LogP contribution in [0.2, 0.25) is 0 Å². The first kappa shape index (κ1) is 65.1. The van der Waals surface area contributed by atoms with Crippen molar-refractivity contribution in [2.45, 2.75) is 0 Å². The molecule has 0 saturated heterocycles. The van der Waals surface area contributed by atoms with Gasteiger partial charge in [0, 0.05) is 87.7 Å². The van der Waals surface area contributed by atoms with E-state index in [0.29, 0.717) is 34.9 Å². The fraction of sp³-hybridized carbons (Fsp3) is 0. The number of fused-ring (bicyclic) bond motifs is 12. The summed E-state index contributed by atoms with van der Waals surface area (Å²) in [5.74, 6) is 3.80. The maximum Gasteiger partial charge on any atom is 0.164 e. The van der Waals surface area contributed by atoms with Gasteiger partial charge < -0.3 is 18.0 Å². The Kier molecular flexibility index (Phi) is 16.0. The molecule has 22 aromatic rings. The molecule has 0 saturated carbocycles. The normalized spacial score (nSPS) is 11.6. The van der Waals surface area contributed by atoms with E-state index < -0.39 is 0 Å². The smallest absolute Gasteiger partial charge is 0.164 e. The molecule has 0 amide bonds. The van der Waals surface area contributed by atoms with Crippen LogP contribution in [0.15, 0.2) is 397 Å².